The Labute approximate surface area is 308 Å². The highest BCUT2D eigenvalue weighted by molar-refractivity contribution is 5.96. The number of piperidine rings is 2. The number of halogens is 2. The fourth-order valence-electron chi connectivity index (χ4n) is 7.96. The maximum atomic E-state index is 14.8. The average Bonchev–Trinajstić information content (AvgIpc) is 3.54. The topological polar surface area (TPSA) is 94.0 Å². The molecule has 0 saturated carbocycles. The zero-order valence-electron chi connectivity index (χ0n) is 30.5. The van der Waals surface area contributed by atoms with Gasteiger partial charge in [-0.3, -0.25) is 9.78 Å². The Bertz CT molecular complexity index is 2030. The van der Waals surface area contributed by atoms with Gasteiger partial charge in [0.2, 0.25) is 11.7 Å². The standard InChI is InChI=1S/C41H46F2N6O4/c1-51-36-23-28(24-37(52-2)38(36)53-3)39(50)48-19-8-16-41(27-48,29-12-13-32(42)33(43)25-29)17-22-47-20-14-30(15-21-47)45-40-46-34-10-4-5-11-35(34)49(40)26-31-9-6-7-18-44-31/h4-7,9-13,18,23-25,30H,8,14-17,19-22,26-27H2,1-3H3,(H,45,46). The first-order valence-electron chi connectivity index (χ1n) is 18.2. The highest BCUT2D eigenvalue weighted by Gasteiger charge is 2.40. The maximum absolute atomic E-state index is 14.8. The van der Waals surface area contributed by atoms with Crippen molar-refractivity contribution in [2.45, 2.75) is 50.1 Å². The minimum atomic E-state index is -0.881. The van der Waals surface area contributed by atoms with Gasteiger partial charge >= 0.3 is 0 Å². The van der Waals surface area contributed by atoms with E-state index in [0.29, 0.717) is 54.4 Å². The fourth-order valence-corrected chi connectivity index (χ4v) is 7.96. The molecule has 10 nitrogen and oxygen atoms in total. The molecular weight excluding hydrogens is 678 g/mol. The number of methoxy groups -OCH3 is 3. The molecule has 0 spiro atoms. The number of hydrogen-bond acceptors (Lipinski definition) is 8. The molecule has 2 saturated heterocycles. The molecule has 5 aromatic rings. The van der Waals surface area contributed by atoms with Gasteiger partial charge in [-0.05, 0) is 92.7 Å². The summed E-state index contributed by atoms with van der Waals surface area (Å²) < 4.78 is 47.6. The quantitative estimate of drug-likeness (QED) is 0.148. The molecule has 0 radical (unpaired) electrons. The first-order chi connectivity index (χ1) is 25.8. The molecule has 1 amide bonds. The van der Waals surface area contributed by atoms with E-state index >= 15 is 0 Å². The Balaban J connectivity index is 1.06. The van der Waals surface area contributed by atoms with E-state index in [9.17, 15) is 13.6 Å². The Kier molecular flexibility index (Phi) is 10.8. The van der Waals surface area contributed by atoms with Crippen molar-refractivity contribution < 1.29 is 27.8 Å². The number of carbonyl (C=O) groups excluding carboxylic acids is 1. The minimum absolute atomic E-state index is 0.183. The van der Waals surface area contributed by atoms with Crippen molar-refractivity contribution >= 4 is 22.9 Å². The molecular formula is C41H46F2N6O4. The van der Waals surface area contributed by atoms with Gasteiger partial charge in [0.1, 0.15) is 0 Å². The predicted octanol–water partition coefficient (Wildman–Crippen LogP) is 6.92. The van der Waals surface area contributed by atoms with Crippen molar-refractivity contribution in [2.75, 3.05) is 59.4 Å². The summed E-state index contributed by atoms with van der Waals surface area (Å²) in [5.74, 6) is 0.0842. The lowest BCUT2D eigenvalue weighted by molar-refractivity contribution is 0.0606. The fraction of sp³-hybridized carbons (Fsp3) is 0.390. The molecule has 2 aromatic heterocycles. The number of ether oxygens (including phenoxy) is 3. The van der Waals surface area contributed by atoms with Crippen molar-refractivity contribution in [2.24, 2.45) is 0 Å². The third kappa shape index (κ3) is 7.64. The van der Waals surface area contributed by atoms with Gasteiger partial charge in [-0.2, -0.15) is 0 Å². The van der Waals surface area contributed by atoms with Crippen LogP contribution in [0.4, 0.5) is 14.7 Å². The zero-order chi connectivity index (χ0) is 37.0. The van der Waals surface area contributed by atoms with E-state index in [0.717, 1.165) is 68.0 Å². The van der Waals surface area contributed by atoms with Crippen LogP contribution in [-0.4, -0.2) is 90.3 Å². The van der Waals surface area contributed by atoms with Gasteiger partial charge in [0, 0.05) is 49.4 Å². The molecule has 4 heterocycles. The molecule has 7 rings (SSSR count). The number of nitrogens with zero attached hydrogens (tertiary/aromatic N) is 5. The summed E-state index contributed by atoms with van der Waals surface area (Å²) in [6.45, 7) is 4.05. The van der Waals surface area contributed by atoms with Crippen molar-refractivity contribution in [3.8, 4) is 17.2 Å². The lowest BCUT2D eigenvalue weighted by atomic mass is 9.71. The number of para-hydroxylation sites is 2. The second kappa shape index (κ2) is 15.8. The zero-order valence-corrected chi connectivity index (χ0v) is 30.5. The SMILES string of the molecule is COc1cc(C(=O)N2CCCC(CCN3CCC(Nc4nc5ccccc5n4Cc4ccccn4)CC3)(c3ccc(F)c(F)c3)C2)cc(OC)c1OC. The van der Waals surface area contributed by atoms with Crippen molar-refractivity contribution in [3.05, 3.63) is 107 Å². The summed E-state index contributed by atoms with van der Waals surface area (Å²) >= 11 is 0. The van der Waals surface area contributed by atoms with Crippen LogP contribution in [-0.2, 0) is 12.0 Å². The van der Waals surface area contributed by atoms with Crippen molar-refractivity contribution in [1.82, 2.24) is 24.3 Å². The van der Waals surface area contributed by atoms with Crippen LogP contribution in [0.15, 0.2) is 79.0 Å². The second-order valence-electron chi connectivity index (χ2n) is 14.0. The van der Waals surface area contributed by atoms with Gasteiger partial charge in [0.15, 0.2) is 23.1 Å². The van der Waals surface area contributed by atoms with Crippen LogP contribution in [0, 0.1) is 11.6 Å². The molecule has 1 N–H and O–H groups in total. The van der Waals surface area contributed by atoms with Crippen molar-refractivity contribution in [3.63, 3.8) is 0 Å². The first-order valence-corrected chi connectivity index (χ1v) is 18.2. The van der Waals surface area contributed by atoms with E-state index < -0.39 is 17.0 Å². The van der Waals surface area contributed by atoms with Gasteiger partial charge in [-0.15, -0.1) is 0 Å². The predicted molar refractivity (Wildman–Crippen MR) is 200 cm³/mol. The number of amides is 1. The minimum Gasteiger partial charge on any atom is -0.493 e. The molecule has 12 heteroatoms. The van der Waals surface area contributed by atoms with Crippen molar-refractivity contribution in [1.29, 1.82) is 0 Å². The van der Waals surface area contributed by atoms with Gasteiger partial charge in [-0.1, -0.05) is 24.3 Å². The summed E-state index contributed by atoms with van der Waals surface area (Å²) in [5, 5.41) is 3.74. The normalized spacial score (nSPS) is 18.2. The average molecular weight is 725 g/mol. The Morgan fingerprint density at radius 2 is 1.66 bits per heavy atom. The molecule has 278 valence electrons. The summed E-state index contributed by atoms with van der Waals surface area (Å²) in [6, 6.07) is 21.9. The molecule has 2 fully saturated rings. The summed E-state index contributed by atoms with van der Waals surface area (Å²) in [5.41, 5.74) is 3.52. The van der Waals surface area contributed by atoms with Gasteiger partial charge in [0.25, 0.3) is 5.91 Å². The Hall–Kier alpha value is -5.23. The van der Waals surface area contributed by atoms with E-state index in [1.165, 1.54) is 33.5 Å². The first kappa shape index (κ1) is 36.1. The molecule has 0 bridgehead atoms. The molecule has 0 aliphatic carbocycles. The lowest BCUT2D eigenvalue weighted by Gasteiger charge is -2.45. The number of fused-ring (bicyclic) bond motifs is 1. The summed E-state index contributed by atoms with van der Waals surface area (Å²) in [4.78, 5) is 27.8. The summed E-state index contributed by atoms with van der Waals surface area (Å²) in [7, 11) is 4.55. The summed E-state index contributed by atoms with van der Waals surface area (Å²) in [6.07, 6.45) is 5.83. The van der Waals surface area contributed by atoms with Crippen LogP contribution >= 0.6 is 0 Å². The number of benzene rings is 3. The van der Waals surface area contributed by atoms with Crippen LogP contribution in [0.2, 0.25) is 0 Å². The number of nitrogens with one attached hydrogen (secondary N) is 1. The van der Waals surface area contributed by atoms with Crippen LogP contribution in [0.5, 0.6) is 17.2 Å². The molecule has 1 atom stereocenters. The van der Waals surface area contributed by atoms with Gasteiger partial charge in [0.05, 0.1) is 44.6 Å². The number of hydrogen-bond donors (Lipinski definition) is 1. The maximum Gasteiger partial charge on any atom is 0.254 e. The van der Waals surface area contributed by atoms with Gasteiger partial charge < -0.3 is 33.9 Å². The lowest BCUT2D eigenvalue weighted by Crippen LogP contribution is -2.50. The van der Waals surface area contributed by atoms with E-state index in [1.807, 2.05) is 47.5 Å². The smallest absolute Gasteiger partial charge is 0.254 e. The molecule has 53 heavy (non-hydrogen) atoms. The molecule has 2 aliphatic heterocycles. The van der Waals surface area contributed by atoms with E-state index in [-0.39, 0.29) is 11.9 Å². The monoisotopic (exact) mass is 724 g/mol. The molecule has 1 unspecified atom stereocenters. The number of aromatic nitrogens is 3. The number of rotatable bonds is 12. The van der Waals surface area contributed by atoms with Gasteiger partial charge in [-0.25, -0.2) is 13.8 Å². The highest BCUT2D eigenvalue weighted by Crippen LogP contribution is 2.41. The number of anilines is 1. The second-order valence-corrected chi connectivity index (χ2v) is 14.0. The largest absolute Gasteiger partial charge is 0.493 e. The third-order valence-corrected chi connectivity index (χ3v) is 10.8. The van der Waals surface area contributed by atoms with Crippen LogP contribution < -0.4 is 19.5 Å². The number of likely N-dealkylation sites (tertiary alicyclic amines) is 2. The highest BCUT2D eigenvalue weighted by atomic mass is 19.2. The number of carbonyl (C=O) groups is 1. The molecule has 3 aromatic carbocycles. The van der Waals surface area contributed by atoms with E-state index in [1.54, 1.807) is 18.2 Å². The van der Waals surface area contributed by atoms with E-state index in [2.05, 4.69) is 25.8 Å². The molecule has 2 aliphatic rings. The third-order valence-electron chi connectivity index (χ3n) is 10.8. The number of imidazole rings is 1. The van der Waals surface area contributed by atoms with Crippen LogP contribution in [0.1, 0.15) is 53.7 Å². The van der Waals surface area contributed by atoms with Crippen LogP contribution in [0.25, 0.3) is 11.0 Å². The van der Waals surface area contributed by atoms with E-state index in [4.69, 9.17) is 19.2 Å². The Morgan fingerprint density at radius 3 is 2.36 bits per heavy atom. The van der Waals surface area contributed by atoms with Crippen LogP contribution in [0.3, 0.4) is 0 Å². The Morgan fingerprint density at radius 1 is 0.906 bits per heavy atom. The number of pyridine rings is 1.